The topological polar surface area (TPSA) is 158 Å². The first kappa shape index (κ1) is 17.1. The van der Waals surface area contributed by atoms with E-state index in [0.717, 1.165) is 6.42 Å². The Hall–Kier alpha value is -0.300. The van der Waals surface area contributed by atoms with Crippen LogP contribution in [0, 0.1) is 0 Å². The first-order chi connectivity index (χ1) is 6.48. The second kappa shape index (κ2) is 7.05. The fourth-order valence-electron chi connectivity index (χ4n) is 0.367. The quantitative estimate of drug-likeness (QED) is 0.359. The smallest absolute Gasteiger partial charge is 0.368 e. The predicted octanol–water partition coefficient (Wildman–Crippen LogP) is -1.29. The summed E-state index contributed by atoms with van der Waals surface area (Å²) in [4.78, 5) is 0. The van der Waals surface area contributed by atoms with Gasteiger partial charge in [-0.2, -0.15) is 16.8 Å². The maximum Gasteiger partial charge on any atom is 0.413 e. The molecule has 0 radical (unpaired) electrons. The van der Waals surface area contributed by atoms with Crippen LogP contribution in [0.2, 0.25) is 0 Å². The molecule has 0 aromatic rings. The average Bonchev–Trinajstić information content (AvgIpc) is 1.77. The molecule has 0 aliphatic carbocycles. The van der Waals surface area contributed by atoms with Gasteiger partial charge in [-0.3, -0.25) is 9.11 Å². The summed E-state index contributed by atoms with van der Waals surface area (Å²) in [6.07, 6.45) is 0.215. The van der Waals surface area contributed by atoms with Crippen LogP contribution in [0.25, 0.3) is 0 Å². The van der Waals surface area contributed by atoms with Gasteiger partial charge in [0, 0.05) is 0 Å². The molecule has 0 aromatic heterocycles. The largest absolute Gasteiger partial charge is 0.413 e. The van der Waals surface area contributed by atoms with Gasteiger partial charge in [0.15, 0.2) is 6.29 Å². The summed E-state index contributed by atoms with van der Waals surface area (Å²) in [5, 5.41) is 16.2. The molecule has 0 rings (SSSR count). The Kier molecular flexibility index (Phi) is 8.04. The molecule has 4 N–H and O–H groups in total. The standard InChI is InChI=1S/C4H10O2.H2O7S2/c1-2-3-4(5)6;1-8(2,3)7-9(4,5)6/h4-6H,2-3H2,1H3;(H,1,2,3)(H,4,5,6). The van der Waals surface area contributed by atoms with E-state index < -0.39 is 27.1 Å². The molecular formula is C4H12O9S2. The highest BCUT2D eigenvalue weighted by Crippen LogP contribution is 1.91. The minimum absolute atomic E-state index is 0.486. The molecule has 15 heavy (non-hydrogen) atoms. The first-order valence-electron chi connectivity index (χ1n) is 3.50. The van der Waals surface area contributed by atoms with Crippen molar-refractivity contribution in [3.63, 3.8) is 0 Å². The van der Waals surface area contributed by atoms with Gasteiger partial charge in [-0.05, 0) is 6.42 Å². The molecule has 0 aliphatic rings. The lowest BCUT2D eigenvalue weighted by Gasteiger charge is -1.94. The minimum atomic E-state index is -5.12. The zero-order chi connectivity index (χ0) is 12.7. The van der Waals surface area contributed by atoms with Crippen LogP contribution in [0.1, 0.15) is 19.8 Å². The molecule has 0 saturated heterocycles. The molecule has 0 bridgehead atoms. The maximum atomic E-state index is 9.44. The summed E-state index contributed by atoms with van der Waals surface area (Å²) in [6, 6.07) is 0. The van der Waals surface area contributed by atoms with E-state index in [4.69, 9.17) is 19.3 Å². The highest BCUT2D eigenvalue weighted by Gasteiger charge is 2.15. The molecule has 0 saturated carbocycles. The van der Waals surface area contributed by atoms with E-state index in [-0.39, 0.29) is 0 Å². The van der Waals surface area contributed by atoms with Gasteiger partial charge in [-0.1, -0.05) is 13.3 Å². The molecule has 0 heterocycles. The second-order valence-electron chi connectivity index (χ2n) is 2.19. The van der Waals surface area contributed by atoms with Crippen molar-refractivity contribution in [1.82, 2.24) is 0 Å². The fourth-order valence-corrected chi connectivity index (χ4v) is 1.24. The predicted molar refractivity (Wildman–Crippen MR) is 47.3 cm³/mol. The van der Waals surface area contributed by atoms with Gasteiger partial charge >= 0.3 is 20.8 Å². The van der Waals surface area contributed by atoms with Crippen LogP contribution >= 0.6 is 0 Å². The molecular weight excluding hydrogens is 256 g/mol. The van der Waals surface area contributed by atoms with E-state index in [2.05, 4.69) is 3.63 Å². The molecule has 0 aromatic carbocycles. The van der Waals surface area contributed by atoms with Gasteiger partial charge in [0.05, 0.1) is 0 Å². The van der Waals surface area contributed by atoms with Crippen molar-refractivity contribution in [2.75, 3.05) is 0 Å². The zero-order valence-electron chi connectivity index (χ0n) is 7.64. The molecule has 0 spiro atoms. The fraction of sp³-hybridized carbons (Fsp3) is 1.00. The van der Waals surface area contributed by atoms with Crippen molar-refractivity contribution in [3.05, 3.63) is 0 Å². The van der Waals surface area contributed by atoms with E-state index in [0.29, 0.717) is 6.42 Å². The molecule has 0 unspecified atom stereocenters. The average molecular weight is 268 g/mol. The number of hydrogen-bond donors (Lipinski definition) is 4. The van der Waals surface area contributed by atoms with Crippen molar-refractivity contribution in [3.8, 4) is 0 Å². The summed E-state index contributed by atoms with van der Waals surface area (Å²) in [6.45, 7) is 1.90. The van der Waals surface area contributed by atoms with E-state index in [1.165, 1.54) is 0 Å². The lowest BCUT2D eigenvalue weighted by atomic mass is 10.3. The van der Waals surface area contributed by atoms with Crippen LogP contribution in [-0.2, 0) is 24.4 Å². The van der Waals surface area contributed by atoms with E-state index in [9.17, 15) is 16.8 Å². The first-order valence-corrected chi connectivity index (χ1v) is 6.23. The second-order valence-corrected chi connectivity index (χ2v) is 4.45. The lowest BCUT2D eigenvalue weighted by Crippen LogP contribution is -2.10. The van der Waals surface area contributed by atoms with Crippen LogP contribution < -0.4 is 0 Å². The van der Waals surface area contributed by atoms with Crippen molar-refractivity contribution < 1.29 is 39.8 Å². The summed E-state index contributed by atoms with van der Waals surface area (Å²) in [7, 11) is -10.2. The molecule has 11 heteroatoms. The third-order valence-corrected chi connectivity index (χ3v) is 2.09. The van der Waals surface area contributed by atoms with Gasteiger partial charge in [-0.25, -0.2) is 0 Å². The normalized spacial score (nSPS) is 12.1. The summed E-state index contributed by atoms with van der Waals surface area (Å²) < 4.78 is 55.6. The Bertz CT molecular complexity index is 308. The monoisotopic (exact) mass is 268 g/mol. The molecule has 0 atom stereocenters. The minimum Gasteiger partial charge on any atom is -0.368 e. The number of rotatable bonds is 4. The van der Waals surface area contributed by atoms with Crippen LogP contribution in [0.4, 0.5) is 0 Å². The molecule has 0 amide bonds. The molecule has 0 aliphatic heterocycles. The van der Waals surface area contributed by atoms with Crippen LogP contribution in [-0.4, -0.2) is 42.4 Å². The Morgan fingerprint density at radius 3 is 1.40 bits per heavy atom. The van der Waals surface area contributed by atoms with Crippen LogP contribution in [0.5, 0.6) is 0 Å². The van der Waals surface area contributed by atoms with Gasteiger partial charge in [0.25, 0.3) is 0 Å². The number of hydrogen-bond acceptors (Lipinski definition) is 7. The van der Waals surface area contributed by atoms with Crippen molar-refractivity contribution in [2.24, 2.45) is 0 Å². The highest BCUT2D eigenvalue weighted by molar-refractivity contribution is 7.94. The van der Waals surface area contributed by atoms with Gasteiger partial charge in [0.2, 0.25) is 0 Å². The number of aliphatic hydroxyl groups is 2. The third kappa shape index (κ3) is 24.8. The van der Waals surface area contributed by atoms with E-state index in [1.54, 1.807) is 0 Å². The SMILES string of the molecule is CCCC(O)O.O=S(=O)(O)OS(=O)(=O)O. The zero-order valence-corrected chi connectivity index (χ0v) is 9.27. The summed E-state index contributed by atoms with van der Waals surface area (Å²) in [5.41, 5.74) is 0. The van der Waals surface area contributed by atoms with Crippen LogP contribution in [0.15, 0.2) is 0 Å². The Balaban J connectivity index is 0. The summed E-state index contributed by atoms with van der Waals surface area (Å²) >= 11 is 0. The van der Waals surface area contributed by atoms with Crippen molar-refractivity contribution in [2.45, 2.75) is 26.1 Å². The number of aliphatic hydroxyl groups excluding tert-OH is 1. The maximum absolute atomic E-state index is 9.44. The van der Waals surface area contributed by atoms with Gasteiger partial charge < -0.3 is 10.2 Å². The van der Waals surface area contributed by atoms with Crippen LogP contribution in [0.3, 0.4) is 0 Å². The Labute approximate surface area is 87.2 Å². The van der Waals surface area contributed by atoms with E-state index in [1.807, 2.05) is 6.92 Å². The molecule has 94 valence electrons. The Morgan fingerprint density at radius 1 is 1.07 bits per heavy atom. The molecule has 9 nitrogen and oxygen atoms in total. The van der Waals surface area contributed by atoms with E-state index >= 15 is 0 Å². The van der Waals surface area contributed by atoms with Crippen molar-refractivity contribution in [1.29, 1.82) is 0 Å². The summed E-state index contributed by atoms with van der Waals surface area (Å²) in [5.74, 6) is 0. The Morgan fingerprint density at radius 2 is 1.40 bits per heavy atom. The third-order valence-electron chi connectivity index (χ3n) is 0.719. The lowest BCUT2D eigenvalue weighted by molar-refractivity contribution is -0.0453. The van der Waals surface area contributed by atoms with Gasteiger partial charge in [-0.15, -0.1) is 3.63 Å². The van der Waals surface area contributed by atoms with Crippen molar-refractivity contribution >= 4 is 20.8 Å². The molecule has 0 fully saturated rings. The van der Waals surface area contributed by atoms with Gasteiger partial charge in [0.1, 0.15) is 0 Å². The highest BCUT2D eigenvalue weighted by atomic mass is 32.3.